The van der Waals surface area contributed by atoms with Crippen molar-refractivity contribution in [3.05, 3.63) is 60.8 Å². The number of hydrogen-bond acceptors (Lipinski definition) is 6. The third-order valence-electron chi connectivity index (χ3n) is 16.3. The third kappa shape index (κ3) is 67.9. The van der Waals surface area contributed by atoms with Gasteiger partial charge in [-0.3, -0.25) is 14.4 Å². The van der Waals surface area contributed by atoms with Crippen LogP contribution in [0.4, 0.5) is 0 Å². The molecule has 1 unspecified atom stereocenters. The molecule has 0 aliphatic heterocycles. The minimum Gasteiger partial charge on any atom is -0.462 e. The first-order valence-corrected chi connectivity index (χ1v) is 36.3. The van der Waals surface area contributed by atoms with Crippen LogP contribution in [0.15, 0.2) is 60.8 Å². The lowest BCUT2D eigenvalue weighted by molar-refractivity contribution is -0.167. The molecule has 0 aromatic rings. The van der Waals surface area contributed by atoms with Gasteiger partial charge in [-0.15, -0.1) is 0 Å². The maximum absolute atomic E-state index is 12.9. The molecule has 0 aromatic heterocycles. The number of carbonyl (C=O) groups is 3. The summed E-state index contributed by atoms with van der Waals surface area (Å²) in [5, 5.41) is 0. The van der Waals surface area contributed by atoms with Crippen LogP contribution < -0.4 is 0 Å². The number of ether oxygens (including phenoxy) is 3. The van der Waals surface area contributed by atoms with Gasteiger partial charge in [0.15, 0.2) is 6.10 Å². The van der Waals surface area contributed by atoms with Crippen LogP contribution in [0.5, 0.6) is 0 Å². The Hall–Kier alpha value is -2.89. The Morgan fingerprint density at radius 3 is 0.744 bits per heavy atom. The highest BCUT2D eigenvalue weighted by Crippen LogP contribution is 2.19. The Morgan fingerprint density at radius 2 is 0.476 bits per heavy atom. The highest BCUT2D eigenvalue weighted by Gasteiger charge is 2.19. The summed E-state index contributed by atoms with van der Waals surface area (Å²) in [6.07, 6.45) is 91.5. The summed E-state index contributed by atoms with van der Waals surface area (Å²) in [4.78, 5) is 38.2. The largest absolute Gasteiger partial charge is 0.462 e. The van der Waals surface area contributed by atoms with Gasteiger partial charge in [-0.1, -0.05) is 364 Å². The minimum absolute atomic E-state index is 0.0703. The zero-order valence-corrected chi connectivity index (χ0v) is 55.0. The van der Waals surface area contributed by atoms with E-state index in [-0.39, 0.29) is 31.1 Å². The van der Waals surface area contributed by atoms with Gasteiger partial charge >= 0.3 is 17.9 Å². The second-order valence-corrected chi connectivity index (χ2v) is 24.5. The fourth-order valence-corrected chi connectivity index (χ4v) is 10.9. The zero-order valence-electron chi connectivity index (χ0n) is 55.0. The maximum atomic E-state index is 12.9. The van der Waals surface area contributed by atoms with Crippen molar-refractivity contribution in [1.82, 2.24) is 0 Å². The first-order chi connectivity index (χ1) is 40.5. The zero-order chi connectivity index (χ0) is 59.2. The summed E-state index contributed by atoms with van der Waals surface area (Å²) < 4.78 is 16.9. The number of unbranched alkanes of at least 4 members (excludes halogenated alkanes) is 46. The Labute approximate surface area is 510 Å². The van der Waals surface area contributed by atoms with Gasteiger partial charge in [0.05, 0.1) is 0 Å². The van der Waals surface area contributed by atoms with Gasteiger partial charge in [-0.05, 0) is 64.2 Å². The summed E-state index contributed by atoms with van der Waals surface area (Å²) >= 11 is 0. The van der Waals surface area contributed by atoms with Crippen LogP contribution in [-0.4, -0.2) is 37.2 Å². The molecule has 6 heteroatoms. The number of rotatable bonds is 67. The molecule has 0 rings (SSSR count). The maximum Gasteiger partial charge on any atom is 0.306 e. The second-order valence-electron chi connectivity index (χ2n) is 24.5. The fraction of sp³-hybridized carbons (Fsp3) is 0.829. The molecule has 0 aliphatic carbocycles. The Bertz CT molecular complexity index is 1460. The first kappa shape index (κ1) is 79.1. The molecular weight excluding hydrogens is 1010 g/mol. The summed E-state index contributed by atoms with van der Waals surface area (Å²) in [6.45, 7) is 6.54. The van der Waals surface area contributed by atoms with Crippen molar-refractivity contribution >= 4 is 17.9 Å². The standard InChI is InChI=1S/C76H138O6/c1-4-7-10-13-16-18-20-22-24-26-28-30-32-34-36-37-38-40-41-43-45-47-49-51-53-55-57-60-63-66-69-75(78)81-72-73(71-80-74(77)68-65-62-59-15-12-9-6-3)82-76(79)70-67-64-61-58-56-54-52-50-48-46-44-42-39-35-33-31-29-27-25-23-21-19-17-14-11-8-5-2/h8,11,17,19,23,25,29,31,35,39,73H,4-7,9-10,12-16,18,20-22,24,26-28,30,32-34,36-38,40-72H2,1-3H3/b11-8-,19-17-,25-23-,31-29-,39-35-. The predicted octanol–water partition coefficient (Wildman–Crippen LogP) is 25.1. The van der Waals surface area contributed by atoms with Crippen LogP contribution in [0, 0.1) is 0 Å². The van der Waals surface area contributed by atoms with Crippen molar-refractivity contribution in [2.75, 3.05) is 13.2 Å². The van der Waals surface area contributed by atoms with Crippen LogP contribution in [-0.2, 0) is 28.6 Å². The smallest absolute Gasteiger partial charge is 0.306 e. The summed E-state index contributed by atoms with van der Waals surface area (Å²) in [6, 6.07) is 0. The fourth-order valence-electron chi connectivity index (χ4n) is 10.9. The molecule has 0 fully saturated rings. The van der Waals surface area contributed by atoms with E-state index in [0.717, 1.165) is 89.9 Å². The number of allylic oxidation sites excluding steroid dienone is 10. The van der Waals surface area contributed by atoms with Crippen molar-refractivity contribution in [3.63, 3.8) is 0 Å². The van der Waals surface area contributed by atoms with E-state index in [4.69, 9.17) is 14.2 Å². The normalized spacial score (nSPS) is 12.4. The van der Waals surface area contributed by atoms with Crippen LogP contribution >= 0.6 is 0 Å². The van der Waals surface area contributed by atoms with Crippen molar-refractivity contribution in [2.45, 2.75) is 393 Å². The van der Waals surface area contributed by atoms with Crippen LogP contribution in [0.1, 0.15) is 387 Å². The summed E-state index contributed by atoms with van der Waals surface area (Å²) in [7, 11) is 0. The van der Waals surface area contributed by atoms with Crippen molar-refractivity contribution in [2.24, 2.45) is 0 Å². The lowest BCUT2D eigenvalue weighted by atomic mass is 10.0. The molecule has 0 N–H and O–H groups in total. The number of carbonyl (C=O) groups excluding carboxylic acids is 3. The summed E-state index contributed by atoms with van der Waals surface area (Å²) in [5.41, 5.74) is 0. The molecule has 0 saturated heterocycles. The van der Waals surface area contributed by atoms with E-state index in [1.54, 1.807) is 0 Å². The Morgan fingerprint density at radius 1 is 0.256 bits per heavy atom. The van der Waals surface area contributed by atoms with Gasteiger partial charge in [0.1, 0.15) is 13.2 Å². The highest BCUT2D eigenvalue weighted by atomic mass is 16.6. The molecule has 0 radical (unpaired) electrons. The van der Waals surface area contributed by atoms with E-state index in [9.17, 15) is 14.4 Å². The second kappa shape index (κ2) is 70.6. The molecular formula is C76H138O6. The lowest BCUT2D eigenvalue weighted by Crippen LogP contribution is -2.30. The van der Waals surface area contributed by atoms with E-state index < -0.39 is 6.10 Å². The van der Waals surface area contributed by atoms with Crippen LogP contribution in [0.25, 0.3) is 0 Å². The summed E-state index contributed by atoms with van der Waals surface area (Å²) in [5.74, 6) is -0.858. The lowest BCUT2D eigenvalue weighted by Gasteiger charge is -2.18. The molecule has 478 valence electrons. The molecule has 0 amide bonds. The third-order valence-corrected chi connectivity index (χ3v) is 16.3. The SMILES string of the molecule is CC/C=C\C/C=C\C/C=C\C/C=C\C/C=C\CCCCCCCCCCCCCC(=O)OC(COC(=O)CCCCCCCCC)COC(=O)CCCCCCCCCCCCCCCCCCCCCCCCCCCCCCCC. The van der Waals surface area contributed by atoms with Crippen LogP contribution in [0.2, 0.25) is 0 Å². The highest BCUT2D eigenvalue weighted by molar-refractivity contribution is 5.71. The molecule has 1 atom stereocenters. The van der Waals surface area contributed by atoms with Gasteiger partial charge in [-0.2, -0.15) is 0 Å². The van der Waals surface area contributed by atoms with Crippen molar-refractivity contribution in [1.29, 1.82) is 0 Å². The molecule has 0 spiro atoms. The monoisotopic (exact) mass is 1150 g/mol. The Kier molecular flexibility index (Phi) is 68.1. The van der Waals surface area contributed by atoms with Gasteiger partial charge < -0.3 is 14.2 Å². The van der Waals surface area contributed by atoms with Crippen molar-refractivity contribution < 1.29 is 28.6 Å². The van der Waals surface area contributed by atoms with Gasteiger partial charge in [0, 0.05) is 19.3 Å². The van der Waals surface area contributed by atoms with E-state index in [0.29, 0.717) is 19.3 Å². The molecule has 0 saturated carbocycles. The molecule has 82 heavy (non-hydrogen) atoms. The first-order valence-electron chi connectivity index (χ1n) is 36.3. The predicted molar refractivity (Wildman–Crippen MR) is 358 cm³/mol. The van der Waals surface area contributed by atoms with E-state index in [2.05, 4.69) is 81.5 Å². The molecule has 0 aliphatic rings. The molecule has 0 heterocycles. The topological polar surface area (TPSA) is 78.9 Å². The van der Waals surface area contributed by atoms with Gasteiger partial charge in [0.25, 0.3) is 0 Å². The minimum atomic E-state index is -0.772. The molecule has 0 bridgehead atoms. The molecule has 0 aromatic carbocycles. The average Bonchev–Trinajstić information content (AvgIpc) is 3.48. The van der Waals surface area contributed by atoms with E-state index in [1.165, 1.54) is 257 Å². The van der Waals surface area contributed by atoms with E-state index in [1.807, 2.05) is 0 Å². The van der Waals surface area contributed by atoms with Gasteiger partial charge in [0.2, 0.25) is 0 Å². The Balaban J connectivity index is 4.02. The molecule has 6 nitrogen and oxygen atoms in total. The number of esters is 3. The average molecular weight is 1150 g/mol. The van der Waals surface area contributed by atoms with Crippen molar-refractivity contribution in [3.8, 4) is 0 Å². The van der Waals surface area contributed by atoms with E-state index >= 15 is 0 Å². The number of hydrogen-bond donors (Lipinski definition) is 0. The quantitative estimate of drug-likeness (QED) is 0.0261. The van der Waals surface area contributed by atoms with Crippen LogP contribution in [0.3, 0.4) is 0 Å². The van der Waals surface area contributed by atoms with Gasteiger partial charge in [-0.25, -0.2) is 0 Å².